The molecule has 1 atom stereocenters. The number of benzene rings is 2. The van der Waals surface area contributed by atoms with E-state index in [0.717, 1.165) is 0 Å². The van der Waals surface area contributed by atoms with Crippen LogP contribution in [0.4, 0.5) is 0 Å². The highest BCUT2D eigenvalue weighted by Crippen LogP contribution is 2.24. The molecule has 0 heterocycles. The Kier molecular flexibility index (Phi) is 3.09. The van der Waals surface area contributed by atoms with Gasteiger partial charge in [-0.3, -0.25) is 0 Å². The molecule has 0 aromatic heterocycles. The Morgan fingerprint density at radius 3 is 2.31 bits per heavy atom. The quantitative estimate of drug-likeness (QED) is 0.693. The summed E-state index contributed by atoms with van der Waals surface area (Å²) in [6.07, 6.45) is 0. The smallest absolute Gasteiger partial charge is 0.00673 e. The van der Waals surface area contributed by atoms with Crippen molar-refractivity contribution in [1.82, 2.24) is 0 Å². The van der Waals surface area contributed by atoms with Crippen LogP contribution in [0.2, 0.25) is 0 Å². The molecule has 0 saturated carbocycles. The first kappa shape index (κ1) is 10.9. The van der Waals surface area contributed by atoms with Crippen LogP contribution in [0.25, 0.3) is 0 Å². The second-order valence-corrected chi connectivity index (χ2v) is 4.43. The van der Waals surface area contributed by atoms with Gasteiger partial charge in [-0.05, 0) is 36.6 Å². The van der Waals surface area contributed by atoms with Crippen LogP contribution >= 0.6 is 0 Å². The molecule has 0 aliphatic carbocycles. The van der Waals surface area contributed by atoms with E-state index >= 15 is 0 Å². The third-order valence-electron chi connectivity index (χ3n) is 2.93. The molecule has 0 aliphatic heterocycles. The van der Waals surface area contributed by atoms with Crippen molar-refractivity contribution in [2.24, 2.45) is 0 Å². The van der Waals surface area contributed by atoms with Gasteiger partial charge in [0, 0.05) is 5.92 Å². The molecular weight excluding hydrogens is 192 g/mol. The fraction of sp³-hybridized carbons (Fsp3) is 0.250. The molecule has 2 rings (SSSR count). The minimum atomic E-state index is 0.416. The summed E-state index contributed by atoms with van der Waals surface area (Å²) in [6.45, 7) is 6.48. The van der Waals surface area contributed by atoms with E-state index in [1.807, 2.05) is 0 Å². The summed E-state index contributed by atoms with van der Waals surface area (Å²) >= 11 is 0. The fourth-order valence-electron chi connectivity index (χ4n) is 2.08. The monoisotopic (exact) mass is 209 g/mol. The van der Waals surface area contributed by atoms with Crippen LogP contribution in [0, 0.1) is 19.9 Å². The molecule has 0 nitrogen and oxygen atoms in total. The molecule has 1 radical (unpaired) electrons. The van der Waals surface area contributed by atoms with Crippen molar-refractivity contribution in [3.05, 3.63) is 70.8 Å². The predicted molar refractivity (Wildman–Crippen MR) is 68.7 cm³/mol. The largest absolute Gasteiger partial charge is 0.0622 e. The lowest BCUT2D eigenvalue weighted by molar-refractivity contribution is 0.915. The molecular formula is C16H17. The van der Waals surface area contributed by atoms with Gasteiger partial charge in [0.05, 0.1) is 0 Å². The molecule has 16 heavy (non-hydrogen) atoms. The molecule has 0 aliphatic rings. The van der Waals surface area contributed by atoms with E-state index in [1.165, 1.54) is 22.3 Å². The van der Waals surface area contributed by atoms with Crippen LogP contribution in [0.15, 0.2) is 42.5 Å². The minimum absolute atomic E-state index is 0.416. The zero-order chi connectivity index (χ0) is 11.5. The minimum Gasteiger partial charge on any atom is -0.0622 e. The van der Waals surface area contributed by atoms with E-state index in [9.17, 15) is 0 Å². The van der Waals surface area contributed by atoms with E-state index in [0.29, 0.717) is 5.92 Å². The SMILES string of the molecule is Cc1[c]c(C(C)c2ccccc2)cc(C)c1. The Labute approximate surface area is 97.9 Å². The summed E-state index contributed by atoms with van der Waals surface area (Å²) < 4.78 is 0. The standard InChI is InChI=1S/C16H17/c1-12-9-13(2)11-16(10-12)14(3)15-7-5-4-6-8-15/h4-10,14H,1-3H3. The zero-order valence-corrected chi connectivity index (χ0v) is 10.1. The van der Waals surface area contributed by atoms with Crippen LogP contribution in [0.1, 0.15) is 35.1 Å². The molecule has 0 saturated heterocycles. The van der Waals surface area contributed by atoms with Crippen molar-refractivity contribution in [2.45, 2.75) is 26.7 Å². The van der Waals surface area contributed by atoms with Crippen molar-refractivity contribution in [1.29, 1.82) is 0 Å². The lowest BCUT2D eigenvalue weighted by Gasteiger charge is -2.13. The summed E-state index contributed by atoms with van der Waals surface area (Å²) in [6, 6.07) is 18.4. The molecule has 0 heteroatoms. The van der Waals surface area contributed by atoms with Crippen molar-refractivity contribution in [3.8, 4) is 0 Å². The molecule has 2 aromatic rings. The fourth-order valence-corrected chi connectivity index (χ4v) is 2.08. The first-order valence-corrected chi connectivity index (χ1v) is 5.72. The maximum absolute atomic E-state index is 3.45. The van der Waals surface area contributed by atoms with Crippen LogP contribution in [0.5, 0.6) is 0 Å². The van der Waals surface area contributed by atoms with Gasteiger partial charge in [-0.1, -0.05) is 55.0 Å². The Hall–Kier alpha value is -1.56. The predicted octanol–water partition coefficient (Wildman–Crippen LogP) is 4.26. The molecule has 0 bridgehead atoms. The van der Waals surface area contributed by atoms with E-state index < -0.39 is 0 Å². The molecule has 0 N–H and O–H groups in total. The Balaban J connectivity index is 2.37. The van der Waals surface area contributed by atoms with Crippen LogP contribution < -0.4 is 0 Å². The highest BCUT2D eigenvalue weighted by Gasteiger charge is 2.08. The number of aryl methyl sites for hydroxylation is 2. The highest BCUT2D eigenvalue weighted by molar-refractivity contribution is 5.35. The van der Waals surface area contributed by atoms with Gasteiger partial charge in [-0.15, -0.1) is 0 Å². The summed E-state index contributed by atoms with van der Waals surface area (Å²) in [5, 5.41) is 0. The van der Waals surface area contributed by atoms with Gasteiger partial charge < -0.3 is 0 Å². The molecule has 0 fully saturated rings. The Morgan fingerprint density at radius 1 is 1.00 bits per heavy atom. The van der Waals surface area contributed by atoms with Crippen LogP contribution in [-0.2, 0) is 0 Å². The Bertz CT molecular complexity index is 448. The normalized spacial score (nSPS) is 12.4. The molecule has 1 unspecified atom stereocenters. The number of hydrogen-bond acceptors (Lipinski definition) is 0. The first-order chi connectivity index (χ1) is 7.66. The lowest BCUT2D eigenvalue weighted by atomic mass is 9.91. The molecule has 0 spiro atoms. The third-order valence-corrected chi connectivity index (χ3v) is 2.93. The average molecular weight is 209 g/mol. The summed E-state index contributed by atoms with van der Waals surface area (Å²) in [7, 11) is 0. The van der Waals surface area contributed by atoms with Gasteiger partial charge in [-0.2, -0.15) is 0 Å². The van der Waals surface area contributed by atoms with E-state index in [2.05, 4.69) is 69.3 Å². The van der Waals surface area contributed by atoms with E-state index in [4.69, 9.17) is 0 Å². The summed E-state index contributed by atoms with van der Waals surface area (Å²) in [5.74, 6) is 0.416. The molecule has 81 valence electrons. The van der Waals surface area contributed by atoms with E-state index in [-0.39, 0.29) is 0 Å². The second kappa shape index (κ2) is 4.52. The topological polar surface area (TPSA) is 0 Å². The third kappa shape index (κ3) is 2.33. The van der Waals surface area contributed by atoms with Gasteiger partial charge in [0.1, 0.15) is 0 Å². The second-order valence-electron chi connectivity index (χ2n) is 4.43. The number of hydrogen-bond donors (Lipinski definition) is 0. The Morgan fingerprint density at radius 2 is 1.69 bits per heavy atom. The maximum Gasteiger partial charge on any atom is 0.00673 e. The average Bonchev–Trinajstić information content (AvgIpc) is 2.28. The van der Waals surface area contributed by atoms with Gasteiger partial charge in [-0.25, -0.2) is 0 Å². The van der Waals surface area contributed by atoms with Crippen molar-refractivity contribution in [2.75, 3.05) is 0 Å². The van der Waals surface area contributed by atoms with Gasteiger partial charge in [0.25, 0.3) is 0 Å². The molecule has 0 amide bonds. The van der Waals surface area contributed by atoms with Crippen molar-refractivity contribution in [3.63, 3.8) is 0 Å². The van der Waals surface area contributed by atoms with Crippen LogP contribution in [-0.4, -0.2) is 0 Å². The summed E-state index contributed by atoms with van der Waals surface area (Å²) in [4.78, 5) is 0. The van der Waals surface area contributed by atoms with Gasteiger partial charge in [0.2, 0.25) is 0 Å². The van der Waals surface area contributed by atoms with Gasteiger partial charge in [0.15, 0.2) is 0 Å². The van der Waals surface area contributed by atoms with Crippen molar-refractivity contribution >= 4 is 0 Å². The van der Waals surface area contributed by atoms with Gasteiger partial charge >= 0.3 is 0 Å². The molecule has 2 aromatic carbocycles. The maximum atomic E-state index is 3.45. The number of rotatable bonds is 2. The highest BCUT2D eigenvalue weighted by atomic mass is 14.1. The van der Waals surface area contributed by atoms with Crippen molar-refractivity contribution < 1.29 is 0 Å². The zero-order valence-electron chi connectivity index (χ0n) is 10.1. The van der Waals surface area contributed by atoms with E-state index in [1.54, 1.807) is 0 Å². The van der Waals surface area contributed by atoms with Crippen LogP contribution in [0.3, 0.4) is 0 Å². The first-order valence-electron chi connectivity index (χ1n) is 5.72. The summed E-state index contributed by atoms with van der Waals surface area (Å²) in [5.41, 5.74) is 5.17. The lowest BCUT2D eigenvalue weighted by Crippen LogP contribution is -1.97.